The van der Waals surface area contributed by atoms with E-state index in [0.717, 1.165) is 33.8 Å². The molecule has 2 amide bonds. The van der Waals surface area contributed by atoms with Gasteiger partial charge in [0.05, 0.1) is 24.8 Å². The summed E-state index contributed by atoms with van der Waals surface area (Å²) in [7, 11) is -1.26. The van der Waals surface area contributed by atoms with Gasteiger partial charge in [0.25, 0.3) is 10.0 Å². The number of rotatable bonds is 14. The summed E-state index contributed by atoms with van der Waals surface area (Å²) in [6.07, 6.45) is 1.73. The minimum atomic E-state index is -4.20. The van der Waals surface area contributed by atoms with Crippen LogP contribution in [0.5, 0.6) is 11.5 Å². The van der Waals surface area contributed by atoms with Crippen LogP contribution in [0.15, 0.2) is 71.6 Å². The number of amides is 2. The van der Waals surface area contributed by atoms with Crippen molar-refractivity contribution in [3.63, 3.8) is 0 Å². The van der Waals surface area contributed by atoms with Crippen molar-refractivity contribution in [2.45, 2.75) is 58.0 Å². The number of anilines is 1. The van der Waals surface area contributed by atoms with E-state index < -0.39 is 28.5 Å². The molecule has 0 radical (unpaired) electrons. The maximum atomic E-state index is 14.1. The molecular formula is C32H41N3O6S. The van der Waals surface area contributed by atoms with Gasteiger partial charge in [-0.3, -0.25) is 13.9 Å². The first kappa shape index (κ1) is 32.5. The van der Waals surface area contributed by atoms with Crippen molar-refractivity contribution in [2.75, 3.05) is 31.6 Å². The lowest BCUT2D eigenvalue weighted by Gasteiger charge is -2.32. The average Bonchev–Trinajstić information content (AvgIpc) is 2.98. The van der Waals surface area contributed by atoms with Crippen molar-refractivity contribution in [1.29, 1.82) is 0 Å². The molecule has 0 heterocycles. The third kappa shape index (κ3) is 7.82. The van der Waals surface area contributed by atoms with Crippen LogP contribution < -0.4 is 19.1 Å². The molecule has 1 N–H and O–H groups in total. The van der Waals surface area contributed by atoms with Gasteiger partial charge >= 0.3 is 0 Å². The average molecular weight is 596 g/mol. The normalized spacial score (nSPS) is 11.9. The Morgan fingerprint density at radius 2 is 1.60 bits per heavy atom. The summed E-state index contributed by atoms with van der Waals surface area (Å²) in [6, 6.07) is 17.9. The lowest BCUT2D eigenvalue weighted by molar-refractivity contribution is -0.139. The van der Waals surface area contributed by atoms with Crippen molar-refractivity contribution < 1.29 is 27.5 Å². The minimum absolute atomic E-state index is 0.0338. The van der Waals surface area contributed by atoms with E-state index in [1.807, 2.05) is 45.0 Å². The highest BCUT2D eigenvalue weighted by atomic mass is 32.2. The summed E-state index contributed by atoms with van der Waals surface area (Å²) >= 11 is 0. The highest BCUT2D eigenvalue weighted by molar-refractivity contribution is 7.92. The molecule has 0 aliphatic heterocycles. The van der Waals surface area contributed by atoms with Gasteiger partial charge in [0.2, 0.25) is 11.8 Å². The van der Waals surface area contributed by atoms with E-state index in [9.17, 15) is 18.0 Å². The Morgan fingerprint density at radius 3 is 2.21 bits per heavy atom. The van der Waals surface area contributed by atoms with Crippen LogP contribution in [0.4, 0.5) is 5.69 Å². The maximum absolute atomic E-state index is 14.1. The summed E-state index contributed by atoms with van der Waals surface area (Å²) in [5.41, 5.74) is 2.93. The summed E-state index contributed by atoms with van der Waals surface area (Å²) in [4.78, 5) is 28.7. The molecule has 3 rings (SSSR count). The Balaban J connectivity index is 2.07. The smallest absolute Gasteiger partial charge is 0.264 e. The van der Waals surface area contributed by atoms with Crippen LogP contribution >= 0.6 is 0 Å². The largest absolute Gasteiger partial charge is 0.493 e. The predicted molar refractivity (Wildman–Crippen MR) is 164 cm³/mol. The zero-order valence-electron chi connectivity index (χ0n) is 25.2. The van der Waals surface area contributed by atoms with Gasteiger partial charge in [0.1, 0.15) is 12.6 Å². The number of methoxy groups -OCH3 is 2. The van der Waals surface area contributed by atoms with E-state index in [0.29, 0.717) is 18.0 Å². The Kier molecular flexibility index (Phi) is 11.4. The van der Waals surface area contributed by atoms with Crippen molar-refractivity contribution in [3.8, 4) is 11.5 Å². The zero-order valence-corrected chi connectivity index (χ0v) is 26.0. The first-order chi connectivity index (χ1) is 20.0. The first-order valence-electron chi connectivity index (χ1n) is 14.0. The highest BCUT2D eigenvalue weighted by Gasteiger charge is 2.33. The molecule has 10 heteroatoms. The lowest BCUT2D eigenvalue weighted by Crippen LogP contribution is -2.51. The van der Waals surface area contributed by atoms with Crippen LogP contribution in [0, 0.1) is 13.8 Å². The SMILES string of the molecule is CCCCNC(=O)C(C)N(Cc1ccccc1C)C(=O)CN(c1ccc(OC)c(OC)c1)S(=O)(=O)c1ccc(C)cc1. The highest BCUT2D eigenvalue weighted by Crippen LogP contribution is 2.34. The van der Waals surface area contributed by atoms with E-state index in [1.165, 1.54) is 37.3 Å². The van der Waals surface area contributed by atoms with Crippen molar-refractivity contribution in [3.05, 3.63) is 83.4 Å². The second kappa shape index (κ2) is 14.7. The molecule has 0 spiro atoms. The molecule has 3 aromatic carbocycles. The fourth-order valence-corrected chi connectivity index (χ4v) is 5.84. The molecule has 42 heavy (non-hydrogen) atoms. The van der Waals surface area contributed by atoms with E-state index in [2.05, 4.69) is 5.32 Å². The number of carbonyl (C=O) groups excluding carboxylic acids is 2. The quantitative estimate of drug-likeness (QED) is 0.267. The van der Waals surface area contributed by atoms with Gasteiger partial charge in [-0.1, -0.05) is 55.3 Å². The summed E-state index contributed by atoms with van der Waals surface area (Å²) in [5, 5.41) is 2.90. The van der Waals surface area contributed by atoms with Gasteiger partial charge in [-0.2, -0.15) is 0 Å². The molecular weight excluding hydrogens is 554 g/mol. The predicted octanol–water partition coefficient (Wildman–Crippen LogP) is 4.85. The minimum Gasteiger partial charge on any atom is -0.493 e. The van der Waals surface area contributed by atoms with Crippen LogP contribution in [0.2, 0.25) is 0 Å². The molecule has 3 aromatic rings. The number of ether oxygens (including phenoxy) is 2. The molecule has 1 unspecified atom stereocenters. The second-order valence-corrected chi connectivity index (χ2v) is 12.0. The molecule has 0 aliphatic carbocycles. The molecule has 0 bridgehead atoms. The number of aryl methyl sites for hydroxylation is 2. The Morgan fingerprint density at radius 1 is 0.929 bits per heavy atom. The van der Waals surface area contributed by atoms with E-state index in [1.54, 1.807) is 31.2 Å². The number of hydrogen-bond acceptors (Lipinski definition) is 6. The monoisotopic (exact) mass is 595 g/mol. The molecule has 226 valence electrons. The number of nitrogens with one attached hydrogen (secondary N) is 1. The standard InChI is InChI=1S/C32H41N3O6S/c1-7-8-19-33-32(37)25(4)34(21-26-12-10-9-11-24(26)3)31(36)22-35(27-15-18-29(40-5)30(20-27)41-6)42(38,39)28-16-13-23(2)14-17-28/h9-18,20,25H,7-8,19,21-22H2,1-6H3,(H,33,37). The van der Waals surface area contributed by atoms with E-state index >= 15 is 0 Å². The third-order valence-corrected chi connectivity index (χ3v) is 8.93. The molecule has 0 saturated heterocycles. The first-order valence-corrected chi connectivity index (χ1v) is 15.4. The molecule has 0 fully saturated rings. The number of benzene rings is 3. The topological polar surface area (TPSA) is 105 Å². The van der Waals surface area contributed by atoms with Crippen LogP contribution in [-0.4, -0.2) is 58.5 Å². The maximum Gasteiger partial charge on any atom is 0.264 e. The van der Waals surface area contributed by atoms with Gasteiger partial charge < -0.3 is 19.7 Å². The van der Waals surface area contributed by atoms with Gasteiger partial charge in [-0.05, 0) is 62.6 Å². The molecule has 0 saturated carbocycles. The fourth-order valence-electron chi connectivity index (χ4n) is 4.44. The number of sulfonamides is 1. The van der Waals surface area contributed by atoms with Crippen molar-refractivity contribution in [2.24, 2.45) is 0 Å². The van der Waals surface area contributed by atoms with Crippen LogP contribution in [0.3, 0.4) is 0 Å². The summed E-state index contributed by atoms with van der Waals surface area (Å²) in [5.74, 6) is -0.0999. The summed E-state index contributed by atoms with van der Waals surface area (Å²) < 4.78 is 39.9. The van der Waals surface area contributed by atoms with E-state index in [4.69, 9.17) is 9.47 Å². The number of nitrogens with zero attached hydrogens (tertiary/aromatic N) is 2. The van der Waals surface area contributed by atoms with Gasteiger partial charge in [0, 0.05) is 19.2 Å². The lowest BCUT2D eigenvalue weighted by atomic mass is 10.1. The zero-order chi connectivity index (χ0) is 30.9. The Bertz CT molecular complexity index is 1470. The van der Waals surface area contributed by atoms with Crippen molar-refractivity contribution in [1.82, 2.24) is 10.2 Å². The van der Waals surface area contributed by atoms with Crippen LogP contribution in [0.25, 0.3) is 0 Å². The number of carbonyl (C=O) groups is 2. The molecule has 0 aliphatic rings. The van der Waals surface area contributed by atoms with E-state index in [-0.39, 0.29) is 23.0 Å². The Hall–Kier alpha value is -4.05. The molecule has 0 aromatic heterocycles. The van der Waals surface area contributed by atoms with Crippen molar-refractivity contribution >= 4 is 27.5 Å². The van der Waals surface area contributed by atoms with Gasteiger partial charge in [-0.25, -0.2) is 8.42 Å². The number of unbranched alkanes of at least 4 members (excludes halogenated alkanes) is 1. The summed E-state index contributed by atoms with van der Waals surface area (Å²) in [6.45, 7) is 7.58. The fraction of sp³-hybridized carbons (Fsp3) is 0.375. The second-order valence-electron chi connectivity index (χ2n) is 10.1. The van der Waals surface area contributed by atoms with Crippen LogP contribution in [0.1, 0.15) is 43.4 Å². The third-order valence-electron chi connectivity index (χ3n) is 7.14. The van der Waals surface area contributed by atoms with Gasteiger partial charge in [0.15, 0.2) is 11.5 Å². The number of hydrogen-bond donors (Lipinski definition) is 1. The van der Waals surface area contributed by atoms with Crippen LogP contribution in [-0.2, 0) is 26.2 Å². The van der Waals surface area contributed by atoms with Gasteiger partial charge in [-0.15, -0.1) is 0 Å². The molecule has 9 nitrogen and oxygen atoms in total. The molecule has 1 atom stereocenters. The Labute approximate surface area is 249 Å².